The fourth-order valence-corrected chi connectivity index (χ4v) is 3.35. The van der Waals surface area contributed by atoms with E-state index in [1.807, 2.05) is 48.5 Å². The number of ketones is 1. The first kappa shape index (κ1) is 17.7. The van der Waals surface area contributed by atoms with E-state index in [4.69, 9.17) is 4.74 Å². The molecule has 0 radical (unpaired) electrons. The summed E-state index contributed by atoms with van der Waals surface area (Å²) >= 11 is 0. The fraction of sp³-hybridized carbons (Fsp3) is 0.238. The topological polar surface area (TPSA) is 66.8 Å². The zero-order chi connectivity index (χ0) is 18.7. The molecule has 134 valence electrons. The van der Waals surface area contributed by atoms with Gasteiger partial charge in [0.15, 0.2) is 11.5 Å². The van der Waals surface area contributed by atoms with Crippen LogP contribution in [0.2, 0.25) is 0 Å². The van der Waals surface area contributed by atoms with Crippen LogP contribution in [0.1, 0.15) is 24.1 Å². The van der Waals surface area contributed by atoms with Crippen LogP contribution in [0, 0.1) is 0 Å². The average molecular weight is 351 g/mol. The molecule has 5 nitrogen and oxygen atoms in total. The van der Waals surface area contributed by atoms with E-state index in [0.717, 1.165) is 5.56 Å². The van der Waals surface area contributed by atoms with E-state index < -0.39 is 17.7 Å². The monoisotopic (exact) mass is 351 g/mol. The van der Waals surface area contributed by atoms with Crippen molar-refractivity contribution >= 4 is 11.7 Å². The van der Waals surface area contributed by atoms with Gasteiger partial charge in [0.1, 0.15) is 5.75 Å². The van der Waals surface area contributed by atoms with Crippen LogP contribution in [0.5, 0.6) is 5.75 Å². The number of hydrogen-bond acceptors (Lipinski definition) is 4. The van der Waals surface area contributed by atoms with Crippen molar-refractivity contribution < 1.29 is 19.4 Å². The maximum Gasteiger partial charge on any atom is 0.290 e. The Labute approximate surface area is 152 Å². The summed E-state index contributed by atoms with van der Waals surface area (Å²) in [4.78, 5) is 26.4. The highest BCUT2D eigenvalue weighted by atomic mass is 16.5. The Bertz CT molecular complexity index is 857. The van der Waals surface area contributed by atoms with E-state index in [1.54, 1.807) is 13.2 Å². The molecule has 2 aromatic rings. The summed E-state index contributed by atoms with van der Waals surface area (Å²) < 4.78 is 5.41. The maximum atomic E-state index is 12.6. The first-order valence-electron chi connectivity index (χ1n) is 8.46. The number of nitrogens with zero attached hydrogens (tertiary/aromatic N) is 1. The zero-order valence-electron chi connectivity index (χ0n) is 14.8. The van der Waals surface area contributed by atoms with Crippen molar-refractivity contribution in [1.82, 2.24) is 4.90 Å². The number of para-hydroxylation sites is 1. The molecule has 1 heterocycles. The highest BCUT2D eigenvalue weighted by molar-refractivity contribution is 6.08. The molecule has 1 aliphatic rings. The highest BCUT2D eigenvalue weighted by Crippen LogP contribution is 2.41. The van der Waals surface area contributed by atoms with Gasteiger partial charge in [-0.1, -0.05) is 48.5 Å². The van der Waals surface area contributed by atoms with Crippen LogP contribution in [0.15, 0.2) is 65.9 Å². The van der Waals surface area contributed by atoms with Gasteiger partial charge in [-0.2, -0.15) is 0 Å². The number of methoxy groups -OCH3 is 1. The summed E-state index contributed by atoms with van der Waals surface area (Å²) in [6.45, 7) is 1.74. The summed E-state index contributed by atoms with van der Waals surface area (Å²) in [7, 11) is 1.54. The number of Topliss-reactive ketones (excluding diaryl/α,β-unsaturated/α-hetero) is 1. The predicted octanol–water partition coefficient (Wildman–Crippen LogP) is 3.22. The van der Waals surface area contributed by atoms with Gasteiger partial charge in [0.2, 0.25) is 0 Å². The zero-order valence-corrected chi connectivity index (χ0v) is 14.8. The lowest BCUT2D eigenvalue weighted by atomic mass is 9.95. The van der Waals surface area contributed by atoms with Crippen LogP contribution < -0.4 is 4.74 Å². The third-order valence-electron chi connectivity index (χ3n) is 4.60. The number of aliphatic hydroxyl groups excluding tert-OH is 1. The van der Waals surface area contributed by atoms with Gasteiger partial charge in [-0.15, -0.1) is 0 Å². The lowest BCUT2D eigenvalue weighted by Crippen LogP contribution is -2.33. The van der Waals surface area contributed by atoms with E-state index in [0.29, 0.717) is 24.3 Å². The van der Waals surface area contributed by atoms with Gasteiger partial charge in [0.25, 0.3) is 5.91 Å². The minimum Gasteiger partial charge on any atom is -0.503 e. The Morgan fingerprint density at radius 3 is 2.42 bits per heavy atom. The SMILES string of the molecule is COc1ccccc1[C@@H]1C(C(C)=O)=C(O)C(=O)N1CCc1ccccc1. The third kappa shape index (κ3) is 3.20. The van der Waals surface area contributed by atoms with Crippen LogP contribution in [0.25, 0.3) is 0 Å². The van der Waals surface area contributed by atoms with Crippen molar-refractivity contribution in [2.75, 3.05) is 13.7 Å². The minimum atomic E-state index is -0.653. The molecule has 0 fully saturated rings. The number of aliphatic hydroxyl groups is 1. The second-order valence-electron chi connectivity index (χ2n) is 6.20. The molecule has 5 heteroatoms. The van der Waals surface area contributed by atoms with Crippen molar-refractivity contribution in [2.24, 2.45) is 0 Å². The fourth-order valence-electron chi connectivity index (χ4n) is 3.35. The largest absolute Gasteiger partial charge is 0.503 e. The Morgan fingerprint density at radius 2 is 1.77 bits per heavy atom. The lowest BCUT2D eigenvalue weighted by molar-refractivity contribution is -0.129. The van der Waals surface area contributed by atoms with Gasteiger partial charge < -0.3 is 14.7 Å². The van der Waals surface area contributed by atoms with E-state index >= 15 is 0 Å². The van der Waals surface area contributed by atoms with Crippen molar-refractivity contribution in [1.29, 1.82) is 0 Å². The van der Waals surface area contributed by atoms with Crippen LogP contribution in [-0.4, -0.2) is 35.4 Å². The summed E-state index contributed by atoms with van der Waals surface area (Å²) in [5.74, 6) is -0.749. The second-order valence-corrected chi connectivity index (χ2v) is 6.20. The number of benzene rings is 2. The predicted molar refractivity (Wildman–Crippen MR) is 97.9 cm³/mol. The normalized spacial score (nSPS) is 16.9. The summed E-state index contributed by atoms with van der Waals surface area (Å²) in [5.41, 5.74) is 1.88. The molecule has 0 unspecified atom stereocenters. The van der Waals surface area contributed by atoms with Crippen molar-refractivity contribution in [3.05, 3.63) is 77.1 Å². The van der Waals surface area contributed by atoms with Crippen LogP contribution in [0.4, 0.5) is 0 Å². The highest BCUT2D eigenvalue weighted by Gasteiger charge is 2.43. The van der Waals surface area contributed by atoms with E-state index in [9.17, 15) is 14.7 Å². The molecule has 0 aliphatic carbocycles. The Morgan fingerprint density at radius 1 is 1.12 bits per heavy atom. The minimum absolute atomic E-state index is 0.118. The number of rotatable bonds is 6. The molecule has 1 atom stereocenters. The number of amides is 1. The second kappa shape index (κ2) is 7.44. The van der Waals surface area contributed by atoms with E-state index in [1.165, 1.54) is 11.8 Å². The molecule has 0 aromatic heterocycles. The van der Waals surface area contributed by atoms with Crippen LogP contribution in [0.3, 0.4) is 0 Å². The van der Waals surface area contributed by atoms with Crippen LogP contribution >= 0.6 is 0 Å². The van der Waals surface area contributed by atoms with Crippen molar-refractivity contribution in [3.63, 3.8) is 0 Å². The number of carbonyl (C=O) groups excluding carboxylic acids is 2. The molecule has 0 spiro atoms. The van der Waals surface area contributed by atoms with E-state index in [2.05, 4.69) is 0 Å². The van der Waals surface area contributed by atoms with Gasteiger partial charge in [0.05, 0.1) is 18.7 Å². The number of ether oxygens (including phenoxy) is 1. The van der Waals surface area contributed by atoms with Crippen molar-refractivity contribution in [2.45, 2.75) is 19.4 Å². The quantitative estimate of drug-likeness (QED) is 0.868. The molecule has 1 aliphatic heterocycles. The Kier molecular flexibility index (Phi) is 5.07. The molecule has 2 aromatic carbocycles. The Balaban J connectivity index is 1.99. The number of carbonyl (C=O) groups is 2. The van der Waals surface area contributed by atoms with E-state index in [-0.39, 0.29) is 11.4 Å². The van der Waals surface area contributed by atoms with Crippen molar-refractivity contribution in [3.8, 4) is 5.75 Å². The molecule has 1 N–H and O–H groups in total. The standard InChI is InChI=1S/C21H21NO4/c1-14(23)18-19(16-10-6-7-11-17(16)26-2)22(21(25)20(18)24)13-12-15-8-4-3-5-9-15/h3-11,19,24H,12-13H2,1-2H3/t19-/m1/s1. The Hall–Kier alpha value is -3.08. The molecule has 0 saturated carbocycles. The van der Waals surface area contributed by atoms with Gasteiger partial charge in [0, 0.05) is 12.1 Å². The average Bonchev–Trinajstić information content (AvgIpc) is 2.91. The summed E-state index contributed by atoms with van der Waals surface area (Å²) in [5, 5.41) is 10.3. The molecule has 0 saturated heterocycles. The molecule has 26 heavy (non-hydrogen) atoms. The third-order valence-corrected chi connectivity index (χ3v) is 4.60. The molecular formula is C21H21NO4. The molecule has 0 bridgehead atoms. The van der Waals surface area contributed by atoms with Gasteiger partial charge in [-0.25, -0.2) is 0 Å². The van der Waals surface area contributed by atoms with Gasteiger partial charge in [-0.3, -0.25) is 9.59 Å². The smallest absolute Gasteiger partial charge is 0.290 e. The van der Waals surface area contributed by atoms with Gasteiger partial charge >= 0.3 is 0 Å². The van der Waals surface area contributed by atoms with Crippen LogP contribution in [-0.2, 0) is 16.0 Å². The maximum absolute atomic E-state index is 12.6. The first-order chi connectivity index (χ1) is 12.5. The lowest BCUT2D eigenvalue weighted by Gasteiger charge is -2.27. The summed E-state index contributed by atoms with van der Waals surface area (Å²) in [6, 6.07) is 16.4. The van der Waals surface area contributed by atoms with Gasteiger partial charge in [-0.05, 0) is 25.0 Å². The molecular weight excluding hydrogens is 330 g/mol. The summed E-state index contributed by atoms with van der Waals surface area (Å²) in [6.07, 6.45) is 0.622. The molecule has 1 amide bonds. The molecule has 3 rings (SSSR count). The first-order valence-corrected chi connectivity index (χ1v) is 8.46. The number of hydrogen-bond donors (Lipinski definition) is 1.